The van der Waals surface area contributed by atoms with Gasteiger partial charge in [-0.2, -0.15) is 0 Å². The number of ether oxygens (including phenoxy) is 1. The standard InChI is InChI=1S/C13H24N2O2/c1-10(2)15-12(16)7-11-8-13(17-9-11)3-5-14-6-4-13/h10-11,14H,3-9H2,1-2H3,(H,15,16)/t11-/m1/s1. The molecule has 0 radical (unpaired) electrons. The number of carbonyl (C=O) groups is 1. The third-order valence-electron chi connectivity index (χ3n) is 3.72. The maximum absolute atomic E-state index is 11.7. The lowest BCUT2D eigenvalue weighted by molar-refractivity contribution is -0.122. The maximum Gasteiger partial charge on any atom is 0.220 e. The first kappa shape index (κ1) is 12.8. The number of hydrogen-bond acceptors (Lipinski definition) is 3. The molecule has 0 aromatic carbocycles. The summed E-state index contributed by atoms with van der Waals surface area (Å²) in [4.78, 5) is 11.7. The zero-order chi connectivity index (χ0) is 12.3. The zero-order valence-electron chi connectivity index (χ0n) is 10.9. The minimum Gasteiger partial charge on any atom is -0.375 e. The SMILES string of the molecule is CC(C)NC(=O)C[C@H]1COC2(CCNCC2)C1. The van der Waals surface area contributed by atoms with Crippen LogP contribution in [-0.2, 0) is 9.53 Å². The molecule has 4 heteroatoms. The topological polar surface area (TPSA) is 50.4 Å². The first-order chi connectivity index (χ1) is 8.10. The van der Waals surface area contributed by atoms with Crippen LogP contribution in [0.15, 0.2) is 0 Å². The van der Waals surface area contributed by atoms with Crippen LogP contribution in [0.2, 0.25) is 0 Å². The number of hydrogen-bond donors (Lipinski definition) is 2. The van der Waals surface area contributed by atoms with E-state index < -0.39 is 0 Å². The quantitative estimate of drug-likeness (QED) is 0.775. The van der Waals surface area contributed by atoms with Gasteiger partial charge >= 0.3 is 0 Å². The van der Waals surface area contributed by atoms with Crippen LogP contribution in [0.25, 0.3) is 0 Å². The van der Waals surface area contributed by atoms with Crippen molar-refractivity contribution in [3.8, 4) is 0 Å². The van der Waals surface area contributed by atoms with E-state index in [9.17, 15) is 4.79 Å². The molecule has 0 unspecified atom stereocenters. The van der Waals surface area contributed by atoms with E-state index >= 15 is 0 Å². The van der Waals surface area contributed by atoms with E-state index in [0.717, 1.165) is 39.0 Å². The molecule has 2 saturated heterocycles. The number of piperidine rings is 1. The van der Waals surface area contributed by atoms with Crippen LogP contribution in [0, 0.1) is 5.92 Å². The molecule has 98 valence electrons. The summed E-state index contributed by atoms with van der Waals surface area (Å²) in [6, 6.07) is 0.234. The van der Waals surface area contributed by atoms with Crippen LogP contribution in [0.4, 0.5) is 0 Å². The van der Waals surface area contributed by atoms with E-state index in [4.69, 9.17) is 4.74 Å². The highest BCUT2D eigenvalue weighted by molar-refractivity contribution is 5.76. The molecular weight excluding hydrogens is 216 g/mol. The predicted molar refractivity (Wildman–Crippen MR) is 66.8 cm³/mol. The Morgan fingerprint density at radius 1 is 1.47 bits per heavy atom. The molecule has 0 saturated carbocycles. The summed E-state index contributed by atoms with van der Waals surface area (Å²) in [6.07, 6.45) is 3.86. The average molecular weight is 240 g/mol. The van der Waals surface area contributed by atoms with Gasteiger partial charge in [-0.1, -0.05) is 0 Å². The fraction of sp³-hybridized carbons (Fsp3) is 0.923. The molecular formula is C13H24N2O2. The average Bonchev–Trinajstić information content (AvgIpc) is 2.61. The van der Waals surface area contributed by atoms with Crippen molar-refractivity contribution in [1.29, 1.82) is 0 Å². The van der Waals surface area contributed by atoms with Crippen molar-refractivity contribution >= 4 is 5.91 Å². The van der Waals surface area contributed by atoms with E-state index in [1.165, 1.54) is 0 Å². The molecule has 2 aliphatic heterocycles. The lowest BCUT2D eigenvalue weighted by Gasteiger charge is -2.33. The van der Waals surface area contributed by atoms with Gasteiger partial charge in [0.2, 0.25) is 5.91 Å². The van der Waals surface area contributed by atoms with Gasteiger partial charge in [-0.05, 0) is 52.1 Å². The minimum absolute atomic E-state index is 0.0774. The third kappa shape index (κ3) is 3.42. The van der Waals surface area contributed by atoms with Gasteiger partial charge in [0.05, 0.1) is 12.2 Å². The molecule has 0 aliphatic carbocycles. The Morgan fingerprint density at radius 2 is 2.18 bits per heavy atom. The molecule has 1 atom stereocenters. The molecule has 1 amide bonds. The Bertz CT molecular complexity index is 273. The smallest absolute Gasteiger partial charge is 0.220 e. The molecule has 2 rings (SSSR count). The normalized spacial score (nSPS) is 27.6. The van der Waals surface area contributed by atoms with Crippen LogP contribution in [-0.4, -0.2) is 37.2 Å². The summed E-state index contributed by atoms with van der Waals surface area (Å²) < 4.78 is 5.98. The molecule has 0 aromatic rings. The van der Waals surface area contributed by atoms with Crippen molar-refractivity contribution in [2.45, 2.75) is 51.2 Å². The van der Waals surface area contributed by atoms with Gasteiger partial charge in [0.15, 0.2) is 0 Å². The van der Waals surface area contributed by atoms with E-state index in [0.29, 0.717) is 12.3 Å². The molecule has 2 N–H and O–H groups in total. The summed E-state index contributed by atoms with van der Waals surface area (Å²) in [5, 5.41) is 6.31. The third-order valence-corrected chi connectivity index (χ3v) is 3.72. The molecule has 0 aromatic heterocycles. The van der Waals surface area contributed by atoms with Crippen molar-refractivity contribution in [1.82, 2.24) is 10.6 Å². The lowest BCUT2D eigenvalue weighted by Crippen LogP contribution is -2.41. The molecule has 4 nitrogen and oxygen atoms in total. The van der Waals surface area contributed by atoms with Gasteiger partial charge in [0.1, 0.15) is 0 Å². The fourth-order valence-electron chi connectivity index (χ4n) is 2.94. The number of rotatable bonds is 3. The summed E-state index contributed by atoms with van der Waals surface area (Å²) in [6.45, 7) is 6.84. The van der Waals surface area contributed by atoms with Gasteiger partial charge in [-0.3, -0.25) is 4.79 Å². The second kappa shape index (κ2) is 5.36. The molecule has 2 aliphatic rings. The van der Waals surface area contributed by atoms with Crippen molar-refractivity contribution < 1.29 is 9.53 Å². The van der Waals surface area contributed by atoms with Crippen LogP contribution < -0.4 is 10.6 Å². The monoisotopic (exact) mass is 240 g/mol. The molecule has 2 heterocycles. The second-order valence-electron chi connectivity index (χ2n) is 5.74. The maximum atomic E-state index is 11.7. The molecule has 0 bridgehead atoms. The van der Waals surface area contributed by atoms with E-state index in [1.54, 1.807) is 0 Å². The Kier molecular flexibility index (Phi) is 4.05. The predicted octanol–water partition coefficient (Wildman–Crippen LogP) is 1.06. The van der Waals surface area contributed by atoms with Crippen molar-refractivity contribution in [2.24, 2.45) is 5.92 Å². The summed E-state index contributed by atoms with van der Waals surface area (Å²) in [5.74, 6) is 0.575. The highest BCUT2D eigenvalue weighted by Gasteiger charge is 2.41. The second-order valence-corrected chi connectivity index (χ2v) is 5.74. The Hall–Kier alpha value is -0.610. The largest absolute Gasteiger partial charge is 0.375 e. The van der Waals surface area contributed by atoms with E-state index in [2.05, 4.69) is 10.6 Å². The van der Waals surface area contributed by atoms with Crippen molar-refractivity contribution in [3.63, 3.8) is 0 Å². The van der Waals surface area contributed by atoms with Crippen LogP contribution in [0.5, 0.6) is 0 Å². The number of carbonyl (C=O) groups excluding carboxylic acids is 1. The van der Waals surface area contributed by atoms with Gasteiger partial charge < -0.3 is 15.4 Å². The van der Waals surface area contributed by atoms with Crippen molar-refractivity contribution in [3.05, 3.63) is 0 Å². The zero-order valence-corrected chi connectivity index (χ0v) is 10.9. The molecule has 2 fully saturated rings. The van der Waals surface area contributed by atoms with Gasteiger partial charge in [0.25, 0.3) is 0 Å². The van der Waals surface area contributed by atoms with Crippen molar-refractivity contribution in [2.75, 3.05) is 19.7 Å². The van der Waals surface area contributed by atoms with Crippen LogP contribution >= 0.6 is 0 Å². The Balaban J connectivity index is 1.79. The van der Waals surface area contributed by atoms with Crippen LogP contribution in [0.3, 0.4) is 0 Å². The van der Waals surface area contributed by atoms with E-state index in [1.807, 2.05) is 13.8 Å². The molecule has 1 spiro atoms. The first-order valence-corrected chi connectivity index (χ1v) is 6.74. The van der Waals surface area contributed by atoms with Crippen LogP contribution in [0.1, 0.15) is 39.5 Å². The minimum atomic E-state index is 0.0774. The van der Waals surface area contributed by atoms with E-state index in [-0.39, 0.29) is 17.6 Å². The summed E-state index contributed by atoms with van der Waals surface area (Å²) >= 11 is 0. The Labute approximate surface area is 103 Å². The fourth-order valence-corrected chi connectivity index (χ4v) is 2.94. The summed E-state index contributed by atoms with van der Waals surface area (Å²) in [5.41, 5.74) is 0.0774. The number of amides is 1. The first-order valence-electron chi connectivity index (χ1n) is 6.74. The Morgan fingerprint density at radius 3 is 2.82 bits per heavy atom. The highest BCUT2D eigenvalue weighted by Crippen LogP contribution is 2.38. The van der Waals surface area contributed by atoms with Gasteiger partial charge in [-0.25, -0.2) is 0 Å². The highest BCUT2D eigenvalue weighted by atomic mass is 16.5. The lowest BCUT2D eigenvalue weighted by atomic mass is 9.85. The molecule has 17 heavy (non-hydrogen) atoms. The number of nitrogens with one attached hydrogen (secondary N) is 2. The summed E-state index contributed by atoms with van der Waals surface area (Å²) in [7, 11) is 0. The van der Waals surface area contributed by atoms with Gasteiger partial charge in [0, 0.05) is 12.5 Å². The van der Waals surface area contributed by atoms with Gasteiger partial charge in [-0.15, -0.1) is 0 Å².